The Balaban J connectivity index is 2.24. The molecule has 0 amide bonds. The summed E-state index contributed by atoms with van der Waals surface area (Å²) < 4.78 is 37.7. The molecule has 1 aromatic carbocycles. The molecule has 118 valence electrons. The van der Waals surface area contributed by atoms with Crippen molar-refractivity contribution in [2.24, 2.45) is 0 Å². The highest BCUT2D eigenvalue weighted by atomic mass is 32.2. The normalized spacial score (nSPS) is 14.8. The summed E-state index contributed by atoms with van der Waals surface area (Å²) in [6.07, 6.45) is 4.83. The highest BCUT2D eigenvalue weighted by molar-refractivity contribution is 7.89. The first-order chi connectivity index (χ1) is 10.1. The Morgan fingerprint density at radius 2 is 1.81 bits per heavy atom. The van der Waals surface area contributed by atoms with Crippen LogP contribution in [0.15, 0.2) is 17.0 Å². The second kappa shape index (κ2) is 7.24. The van der Waals surface area contributed by atoms with Gasteiger partial charge in [0.15, 0.2) is 0 Å². The van der Waals surface area contributed by atoms with E-state index < -0.39 is 10.0 Å². The molecule has 0 spiro atoms. The monoisotopic (exact) mass is 313 g/mol. The van der Waals surface area contributed by atoms with Crippen LogP contribution in [-0.4, -0.2) is 35.8 Å². The zero-order valence-electron chi connectivity index (χ0n) is 12.6. The van der Waals surface area contributed by atoms with Gasteiger partial charge in [-0.25, -0.2) is 13.1 Å². The van der Waals surface area contributed by atoms with Crippen LogP contribution in [0.5, 0.6) is 5.75 Å². The molecule has 0 saturated carbocycles. The van der Waals surface area contributed by atoms with Gasteiger partial charge in [0, 0.05) is 20.3 Å². The van der Waals surface area contributed by atoms with Crippen LogP contribution < -0.4 is 9.46 Å². The van der Waals surface area contributed by atoms with E-state index in [9.17, 15) is 8.42 Å². The van der Waals surface area contributed by atoms with Gasteiger partial charge in [0.25, 0.3) is 0 Å². The fraction of sp³-hybridized carbons (Fsp3) is 0.600. The summed E-state index contributed by atoms with van der Waals surface area (Å²) >= 11 is 0. The summed E-state index contributed by atoms with van der Waals surface area (Å²) in [4.78, 5) is 0.239. The molecule has 6 heteroatoms. The molecular formula is C15H23NO4S. The lowest BCUT2D eigenvalue weighted by Crippen LogP contribution is -2.26. The van der Waals surface area contributed by atoms with Crippen molar-refractivity contribution in [3.63, 3.8) is 0 Å². The minimum atomic E-state index is -3.55. The number of sulfonamides is 1. The molecule has 0 atom stereocenters. The third-order valence-electron chi connectivity index (χ3n) is 3.73. The van der Waals surface area contributed by atoms with Gasteiger partial charge in [-0.15, -0.1) is 0 Å². The van der Waals surface area contributed by atoms with Gasteiger partial charge in [0.2, 0.25) is 10.0 Å². The van der Waals surface area contributed by atoms with E-state index in [0.29, 0.717) is 25.3 Å². The molecule has 1 aliphatic rings. The van der Waals surface area contributed by atoms with E-state index in [2.05, 4.69) is 4.72 Å². The van der Waals surface area contributed by atoms with Crippen molar-refractivity contribution < 1.29 is 17.9 Å². The predicted octanol–water partition coefficient (Wildman–Crippen LogP) is 1.89. The predicted molar refractivity (Wildman–Crippen MR) is 81.3 cm³/mol. The van der Waals surface area contributed by atoms with E-state index >= 15 is 0 Å². The average Bonchev–Trinajstić information content (AvgIpc) is 2.50. The lowest BCUT2D eigenvalue weighted by molar-refractivity contribution is 0.196. The number of hydrogen-bond acceptors (Lipinski definition) is 4. The maximum atomic E-state index is 12.4. The van der Waals surface area contributed by atoms with Crippen LogP contribution in [0.1, 0.15) is 30.4 Å². The molecule has 0 radical (unpaired) electrons. The number of fused-ring (bicyclic) bond motifs is 1. The first-order valence-electron chi connectivity index (χ1n) is 7.27. The van der Waals surface area contributed by atoms with Crippen molar-refractivity contribution in [3.05, 3.63) is 23.3 Å². The van der Waals surface area contributed by atoms with Crippen molar-refractivity contribution in [1.82, 2.24) is 4.72 Å². The summed E-state index contributed by atoms with van der Waals surface area (Å²) in [7, 11) is -0.441. The van der Waals surface area contributed by atoms with Crippen LogP contribution in [0.3, 0.4) is 0 Å². The van der Waals surface area contributed by atoms with Gasteiger partial charge in [-0.05, 0) is 55.4 Å². The van der Waals surface area contributed by atoms with Crippen LogP contribution >= 0.6 is 0 Å². The van der Waals surface area contributed by atoms with Crippen molar-refractivity contribution in [1.29, 1.82) is 0 Å². The van der Waals surface area contributed by atoms with Gasteiger partial charge >= 0.3 is 0 Å². The highest BCUT2D eigenvalue weighted by Gasteiger charge is 2.22. The fourth-order valence-electron chi connectivity index (χ4n) is 2.61. The molecule has 1 N–H and O–H groups in total. The minimum absolute atomic E-state index is 0.239. The molecule has 0 aromatic heterocycles. The van der Waals surface area contributed by atoms with E-state index in [-0.39, 0.29) is 4.90 Å². The molecule has 0 saturated heterocycles. The molecule has 0 bridgehead atoms. The van der Waals surface area contributed by atoms with Crippen LogP contribution in [0.2, 0.25) is 0 Å². The molecule has 21 heavy (non-hydrogen) atoms. The Hall–Kier alpha value is -1.11. The van der Waals surface area contributed by atoms with E-state index in [1.807, 2.05) is 6.07 Å². The number of rotatable bonds is 7. The van der Waals surface area contributed by atoms with Gasteiger partial charge < -0.3 is 9.47 Å². The quantitative estimate of drug-likeness (QED) is 0.781. The topological polar surface area (TPSA) is 64.6 Å². The summed E-state index contributed by atoms with van der Waals surface area (Å²) in [5, 5.41) is 0. The van der Waals surface area contributed by atoms with Crippen LogP contribution in [0.25, 0.3) is 0 Å². The summed E-state index contributed by atoms with van der Waals surface area (Å²) in [5.41, 5.74) is 2.33. The lowest BCUT2D eigenvalue weighted by atomic mass is 9.92. The third-order valence-corrected chi connectivity index (χ3v) is 5.22. The molecule has 0 unspecified atom stereocenters. The lowest BCUT2D eigenvalue weighted by Gasteiger charge is -2.19. The average molecular weight is 313 g/mol. The van der Waals surface area contributed by atoms with Crippen LogP contribution in [0, 0.1) is 0 Å². The standard InChI is InChI=1S/C15H23NO4S/c1-19-9-5-8-16-21(17,18)15-11-13-7-4-3-6-12(13)10-14(15)20-2/h10-11,16H,3-9H2,1-2H3. The molecular weight excluding hydrogens is 290 g/mol. The smallest absolute Gasteiger partial charge is 0.244 e. The van der Waals surface area contributed by atoms with Gasteiger partial charge in [-0.3, -0.25) is 0 Å². The zero-order valence-corrected chi connectivity index (χ0v) is 13.5. The number of ether oxygens (including phenoxy) is 2. The Labute approximate surface area is 126 Å². The van der Waals surface area contributed by atoms with Crippen molar-refractivity contribution >= 4 is 10.0 Å². The number of methoxy groups -OCH3 is 2. The largest absolute Gasteiger partial charge is 0.495 e. The molecule has 0 fully saturated rings. The number of aryl methyl sites for hydroxylation is 2. The zero-order chi connectivity index (χ0) is 15.3. The number of benzene rings is 1. The third kappa shape index (κ3) is 3.96. The summed E-state index contributed by atoms with van der Waals surface area (Å²) in [6, 6.07) is 3.64. The molecule has 2 rings (SSSR count). The molecule has 0 aliphatic heterocycles. The molecule has 1 aromatic rings. The van der Waals surface area contributed by atoms with Crippen molar-refractivity contribution in [2.75, 3.05) is 27.4 Å². The second-order valence-corrected chi connectivity index (χ2v) is 6.96. The Morgan fingerprint density at radius 1 is 1.14 bits per heavy atom. The fourth-order valence-corrected chi connectivity index (χ4v) is 3.88. The Morgan fingerprint density at radius 3 is 2.43 bits per heavy atom. The maximum Gasteiger partial charge on any atom is 0.244 e. The van der Waals surface area contributed by atoms with Crippen molar-refractivity contribution in [2.45, 2.75) is 37.0 Å². The summed E-state index contributed by atoms with van der Waals surface area (Å²) in [5.74, 6) is 0.426. The SMILES string of the molecule is COCCCNS(=O)(=O)c1cc2c(cc1OC)CCCC2. The first kappa shape index (κ1) is 16.3. The second-order valence-electron chi connectivity index (χ2n) is 5.22. The Bertz CT molecular complexity index is 584. The van der Waals surface area contributed by atoms with Crippen LogP contribution in [-0.2, 0) is 27.6 Å². The maximum absolute atomic E-state index is 12.4. The number of hydrogen-bond donors (Lipinski definition) is 1. The summed E-state index contributed by atoms with van der Waals surface area (Å²) in [6.45, 7) is 0.889. The van der Waals surface area contributed by atoms with E-state index in [1.54, 1.807) is 13.2 Å². The van der Waals surface area contributed by atoms with Gasteiger partial charge in [0.1, 0.15) is 10.6 Å². The van der Waals surface area contributed by atoms with Crippen molar-refractivity contribution in [3.8, 4) is 5.75 Å². The first-order valence-corrected chi connectivity index (χ1v) is 8.75. The molecule has 0 heterocycles. The van der Waals surface area contributed by atoms with E-state index in [1.165, 1.54) is 12.7 Å². The highest BCUT2D eigenvalue weighted by Crippen LogP contribution is 2.31. The molecule has 1 aliphatic carbocycles. The van der Waals surface area contributed by atoms with E-state index in [0.717, 1.165) is 31.2 Å². The van der Waals surface area contributed by atoms with Gasteiger partial charge in [-0.2, -0.15) is 0 Å². The van der Waals surface area contributed by atoms with E-state index in [4.69, 9.17) is 9.47 Å². The molecule has 5 nitrogen and oxygen atoms in total. The van der Waals surface area contributed by atoms with Crippen LogP contribution in [0.4, 0.5) is 0 Å². The Kier molecular flexibility index (Phi) is 5.61. The minimum Gasteiger partial charge on any atom is -0.495 e. The van der Waals surface area contributed by atoms with Gasteiger partial charge in [-0.1, -0.05) is 0 Å². The van der Waals surface area contributed by atoms with Gasteiger partial charge in [0.05, 0.1) is 7.11 Å². The number of nitrogens with one attached hydrogen (secondary N) is 1.